The van der Waals surface area contributed by atoms with Gasteiger partial charge in [-0.25, -0.2) is 5.43 Å². The fourth-order valence-electron chi connectivity index (χ4n) is 3.42. The van der Waals surface area contributed by atoms with Gasteiger partial charge in [-0.3, -0.25) is 5.84 Å². The van der Waals surface area contributed by atoms with Gasteiger partial charge in [0.1, 0.15) is 11.3 Å². The van der Waals surface area contributed by atoms with E-state index >= 15 is 0 Å². The van der Waals surface area contributed by atoms with Gasteiger partial charge < -0.3 is 9.32 Å². The largest absolute Gasteiger partial charge is 0.459 e. The normalized spacial score (nSPS) is 14.0. The summed E-state index contributed by atoms with van der Waals surface area (Å²) in [6.45, 7) is 6.46. The van der Waals surface area contributed by atoms with Crippen LogP contribution in [0.5, 0.6) is 0 Å². The number of nitrogens with one attached hydrogen (secondary N) is 1. The SMILES string of the molecule is CCC(CC)(C(NN)c1cc2cccc(C)c2o1)N(C)C. The molecule has 116 valence electrons. The summed E-state index contributed by atoms with van der Waals surface area (Å²) in [6, 6.07) is 8.27. The van der Waals surface area contributed by atoms with Gasteiger partial charge in [-0.1, -0.05) is 32.0 Å². The van der Waals surface area contributed by atoms with Crippen LogP contribution >= 0.6 is 0 Å². The van der Waals surface area contributed by atoms with E-state index in [4.69, 9.17) is 10.3 Å². The molecule has 0 amide bonds. The fraction of sp³-hybridized carbons (Fsp3) is 0.529. The average molecular weight is 289 g/mol. The Balaban J connectivity index is 2.55. The Bertz CT molecular complexity index is 599. The Kier molecular flexibility index (Phi) is 4.71. The quantitative estimate of drug-likeness (QED) is 0.632. The third-order valence-corrected chi connectivity index (χ3v) is 4.86. The van der Waals surface area contributed by atoms with Crippen LogP contribution in [0.2, 0.25) is 0 Å². The number of nitrogens with two attached hydrogens (primary N) is 1. The van der Waals surface area contributed by atoms with Gasteiger partial charge in [0.2, 0.25) is 0 Å². The summed E-state index contributed by atoms with van der Waals surface area (Å²) < 4.78 is 6.14. The lowest BCUT2D eigenvalue weighted by Crippen LogP contribution is -2.54. The monoisotopic (exact) mass is 289 g/mol. The van der Waals surface area contributed by atoms with E-state index in [0.29, 0.717) is 0 Å². The van der Waals surface area contributed by atoms with Crippen LogP contribution < -0.4 is 11.3 Å². The Morgan fingerprint density at radius 2 is 1.95 bits per heavy atom. The van der Waals surface area contributed by atoms with Crippen molar-refractivity contribution < 1.29 is 4.42 Å². The predicted octanol–water partition coefficient (Wildman–Crippen LogP) is 3.37. The summed E-state index contributed by atoms with van der Waals surface area (Å²) in [5.41, 5.74) is 5.02. The van der Waals surface area contributed by atoms with Gasteiger partial charge >= 0.3 is 0 Å². The highest BCUT2D eigenvalue weighted by molar-refractivity contribution is 5.81. The minimum absolute atomic E-state index is 0.0469. The zero-order valence-corrected chi connectivity index (χ0v) is 13.7. The summed E-state index contributed by atoms with van der Waals surface area (Å²) in [5, 5.41) is 1.13. The topological polar surface area (TPSA) is 54.4 Å². The number of fused-ring (bicyclic) bond motifs is 1. The molecule has 0 saturated heterocycles. The van der Waals surface area contributed by atoms with Crippen LogP contribution in [0.15, 0.2) is 28.7 Å². The summed E-state index contributed by atoms with van der Waals surface area (Å²) in [6.07, 6.45) is 1.97. The second-order valence-corrected chi connectivity index (χ2v) is 5.95. The lowest BCUT2D eigenvalue weighted by molar-refractivity contribution is 0.0787. The number of rotatable bonds is 6. The van der Waals surface area contributed by atoms with E-state index < -0.39 is 0 Å². The molecule has 4 heteroatoms. The summed E-state index contributed by atoms with van der Waals surface area (Å²) >= 11 is 0. The molecule has 0 aliphatic carbocycles. The number of hydrogen-bond donors (Lipinski definition) is 2. The highest BCUT2D eigenvalue weighted by Gasteiger charge is 2.40. The van der Waals surface area contributed by atoms with Crippen molar-refractivity contribution in [1.29, 1.82) is 0 Å². The van der Waals surface area contributed by atoms with Crippen molar-refractivity contribution in [1.82, 2.24) is 10.3 Å². The van der Waals surface area contributed by atoms with Gasteiger partial charge in [-0.15, -0.1) is 0 Å². The minimum atomic E-state index is -0.0729. The molecular weight excluding hydrogens is 262 g/mol. The molecule has 4 nitrogen and oxygen atoms in total. The summed E-state index contributed by atoms with van der Waals surface area (Å²) in [4.78, 5) is 2.25. The van der Waals surface area contributed by atoms with E-state index in [2.05, 4.69) is 69.5 Å². The van der Waals surface area contributed by atoms with E-state index in [-0.39, 0.29) is 11.6 Å². The van der Waals surface area contributed by atoms with Crippen LogP contribution in [0.4, 0.5) is 0 Å². The van der Waals surface area contributed by atoms with Crippen molar-refractivity contribution in [3.63, 3.8) is 0 Å². The minimum Gasteiger partial charge on any atom is -0.459 e. The molecule has 1 aromatic carbocycles. The van der Waals surface area contributed by atoms with Gasteiger partial charge in [0, 0.05) is 10.9 Å². The van der Waals surface area contributed by atoms with Gasteiger partial charge in [-0.05, 0) is 45.5 Å². The molecule has 1 unspecified atom stereocenters. The molecule has 1 atom stereocenters. The van der Waals surface area contributed by atoms with E-state index in [1.54, 1.807) is 0 Å². The molecule has 1 heterocycles. The lowest BCUT2D eigenvalue weighted by atomic mass is 9.82. The zero-order valence-electron chi connectivity index (χ0n) is 13.7. The lowest BCUT2D eigenvalue weighted by Gasteiger charge is -2.43. The second kappa shape index (κ2) is 6.18. The Labute approximate surface area is 127 Å². The smallest absolute Gasteiger partial charge is 0.137 e. The van der Waals surface area contributed by atoms with Crippen LogP contribution in [-0.2, 0) is 0 Å². The number of benzene rings is 1. The number of nitrogens with zero attached hydrogens (tertiary/aromatic N) is 1. The maximum Gasteiger partial charge on any atom is 0.137 e. The molecule has 0 aliphatic heterocycles. The van der Waals surface area contributed by atoms with Crippen LogP contribution in [0, 0.1) is 6.92 Å². The molecule has 0 radical (unpaired) electrons. The standard InChI is InChI=1S/C17H27N3O/c1-6-17(7-2,20(4)5)16(19-18)14-11-13-10-8-9-12(3)15(13)21-14/h8-11,16,19H,6-7,18H2,1-5H3. The Morgan fingerprint density at radius 3 is 2.43 bits per heavy atom. The van der Waals surface area contributed by atoms with E-state index in [1.165, 1.54) is 0 Å². The van der Waals surface area contributed by atoms with Gasteiger partial charge in [0.05, 0.1) is 6.04 Å². The van der Waals surface area contributed by atoms with Gasteiger partial charge in [-0.2, -0.15) is 0 Å². The molecule has 2 rings (SSSR count). The fourth-order valence-corrected chi connectivity index (χ4v) is 3.42. The van der Waals surface area contributed by atoms with Crippen LogP contribution in [0.3, 0.4) is 0 Å². The first-order valence-electron chi connectivity index (χ1n) is 7.62. The first-order chi connectivity index (χ1) is 10.00. The molecule has 1 aromatic heterocycles. The first kappa shape index (κ1) is 16.0. The van der Waals surface area contributed by atoms with Gasteiger partial charge in [0.15, 0.2) is 0 Å². The van der Waals surface area contributed by atoms with Gasteiger partial charge in [0.25, 0.3) is 0 Å². The number of furan rings is 1. The molecule has 21 heavy (non-hydrogen) atoms. The molecule has 0 saturated carbocycles. The van der Waals surface area contributed by atoms with Crippen molar-refractivity contribution in [3.05, 3.63) is 35.6 Å². The van der Waals surface area contributed by atoms with Crippen LogP contribution in [0.25, 0.3) is 11.0 Å². The van der Waals surface area contributed by atoms with Crippen LogP contribution in [0.1, 0.15) is 44.1 Å². The molecule has 0 bridgehead atoms. The van der Waals surface area contributed by atoms with E-state index in [0.717, 1.165) is 35.1 Å². The molecule has 0 spiro atoms. The molecule has 3 N–H and O–H groups in total. The third kappa shape index (κ3) is 2.59. The average Bonchev–Trinajstić information content (AvgIpc) is 2.89. The maximum absolute atomic E-state index is 6.14. The van der Waals surface area contributed by atoms with Crippen molar-refractivity contribution in [2.45, 2.75) is 45.2 Å². The Morgan fingerprint density at radius 1 is 1.29 bits per heavy atom. The third-order valence-electron chi connectivity index (χ3n) is 4.86. The number of likely N-dealkylation sites (N-methyl/N-ethyl adjacent to an activating group) is 1. The number of aryl methyl sites for hydroxylation is 1. The molecule has 0 fully saturated rings. The second-order valence-electron chi connectivity index (χ2n) is 5.95. The van der Waals surface area contributed by atoms with Crippen molar-refractivity contribution in [2.24, 2.45) is 5.84 Å². The van der Waals surface area contributed by atoms with Crippen LogP contribution in [-0.4, -0.2) is 24.5 Å². The zero-order chi connectivity index (χ0) is 15.6. The molecular formula is C17H27N3O. The first-order valence-corrected chi connectivity index (χ1v) is 7.62. The van der Waals surface area contributed by atoms with E-state index in [9.17, 15) is 0 Å². The van der Waals surface area contributed by atoms with Crippen molar-refractivity contribution in [2.75, 3.05) is 14.1 Å². The number of para-hydroxylation sites is 1. The molecule has 2 aromatic rings. The number of hydrogen-bond acceptors (Lipinski definition) is 4. The number of hydrazine groups is 1. The van der Waals surface area contributed by atoms with Crippen molar-refractivity contribution in [3.8, 4) is 0 Å². The van der Waals surface area contributed by atoms with E-state index in [1.807, 2.05) is 0 Å². The Hall–Kier alpha value is -1.36. The van der Waals surface area contributed by atoms with Crippen molar-refractivity contribution >= 4 is 11.0 Å². The maximum atomic E-state index is 6.14. The summed E-state index contributed by atoms with van der Waals surface area (Å²) in [7, 11) is 4.20. The molecule has 0 aliphatic rings. The predicted molar refractivity (Wildman–Crippen MR) is 88.0 cm³/mol. The highest BCUT2D eigenvalue weighted by Crippen LogP contribution is 2.38. The highest BCUT2D eigenvalue weighted by atomic mass is 16.3. The summed E-state index contributed by atoms with van der Waals surface area (Å²) in [5.74, 6) is 6.81.